The largest absolute Gasteiger partial charge is 0.310 e. The van der Waals surface area contributed by atoms with Crippen molar-refractivity contribution in [2.24, 2.45) is 0 Å². The quantitative estimate of drug-likeness (QED) is 0.130. The van der Waals surface area contributed by atoms with Gasteiger partial charge in [0.05, 0.1) is 22.4 Å². The molecule has 10 aromatic carbocycles. The van der Waals surface area contributed by atoms with Gasteiger partial charge in [-0.3, -0.25) is 0 Å². The first kappa shape index (κ1) is 43.0. The van der Waals surface area contributed by atoms with Crippen LogP contribution < -0.4 is 9.80 Å². The van der Waals surface area contributed by atoms with Crippen LogP contribution in [0.2, 0.25) is 0 Å². The number of fused-ring (bicyclic) bond motifs is 3. The standard InChI is InChI=1S/C66H49N5/c1-46-19-15-17-29-58(46)63-45-62(67-66(68-63)59-30-18-16-20-47(59)2)50-33-31-48(32-34-50)49-35-37-55(38-36-49)71-64-41-39-56(69(51-21-7-3-8-22-51)52-23-9-4-10-24-52)43-60(64)61-44-57(40-42-65(61)71)70(53-25-11-5-12-26-53)54-27-13-6-14-28-54/h3-45H,1-2H3. The van der Waals surface area contributed by atoms with Crippen LogP contribution >= 0.6 is 0 Å². The van der Waals surface area contributed by atoms with Gasteiger partial charge in [-0.1, -0.05) is 158 Å². The molecule has 71 heavy (non-hydrogen) atoms. The van der Waals surface area contributed by atoms with Crippen molar-refractivity contribution in [2.45, 2.75) is 13.8 Å². The molecule has 0 amide bonds. The zero-order valence-corrected chi connectivity index (χ0v) is 39.6. The van der Waals surface area contributed by atoms with Gasteiger partial charge in [-0.25, -0.2) is 9.97 Å². The maximum atomic E-state index is 5.15. The highest BCUT2D eigenvalue weighted by Gasteiger charge is 2.21. The van der Waals surface area contributed by atoms with Gasteiger partial charge < -0.3 is 14.4 Å². The molecule has 2 heterocycles. The number of aryl methyl sites for hydroxylation is 2. The van der Waals surface area contributed by atoms with E-state index in [1.165, 1.54) is 5.56 Å². The van der Waals surface area contributed by atoms with Crippen molar-refractivity contribution in [2.75, 3.05) is 9.80 Å². The van der Waals surface area contributed by atoms with E-state index in [0.29, 0.717) is 0 Å². The van der Waals surface area contributed by atoms with E-state index in [0.717, 1.165) is 112 Å². The molecule has 0 saturated carbocycles. The Kier molecular flexibility index (Phi) is 11.3. The van der Waals surface area contributed by atoms with Gasteiger partial charge in [0.1, 0.15) is 0 Å². The lowest BCUT2D eigenvalue weighted by Crippen LogP contribution is -2.09. The van der Waals surface area contributed by atoms with Crippen LogP contribution in [0.15, 0.2) is 261 Å². The molecule has 12 aromatic rings. The van der Waals surface area contributed by atoms with Crippen molar-refractivity contribution in [1.29, 1.82) is 0 Å². The fraction of sp³-hybridized carbons (Fsp3) is 0.0303. The SMILES string of the molecule is Cc1ccccc1-c1cc(-c2ccc(-c3ccc(-n4c5ccc(N(c6ccccc6)c6ccccc6)cc5c5cc(N(c6ccccc6)c6ccccc6)ccc54)cc3)cc2)nc(-c2ccccc2C)n1. The van der Waals surface area contributed by atoms with Crippen molar-refractivity contribution in [3.8, 4) is 50.7 Å². The Morgan fingerprint density at radius 1 is 0.310 bits per heavy atom. The molecule has 0 unspecified atom stereocenters. The fourth-order valence-corrected chi connectivity index (χ4v) is 9.93. The van der Waals surface area contributed by atoms with Crippen LogP contribution in [-0.2, 0) is 0 Å². The summed E-state index contributed by atoms with van der Waals surface area (Å²) in [4.78, 5) is 14.9. The van der Waals surface area contributed by atoms with Crippen LogP contribution in [0.3, 0.4) is 0 Å². The number of aromatic nitrogens is 3. The topological polar surface area (TPSA) is 37.2 Å². The van der Waals surface area contributed by atoms with Gasteiger partial charge in [0.25, 0.3) is 0 Å². The van der Waals surface area contributed by atoms with Crippen LogP contribution in [-0.4, -0.2) is 14.5 Å². The van der Waals surface area contributed by atoms with Crippen LogP contribution in [0.5, 0.6) is 0 Å². The molecular formula is C66H49N5. The van der Waals surface area contributed by atoms with Gasteiger partial charge in [-0.2, -0.15) is 0 Å². The molecule has 0 saturated heterocycles. The van der Waals surface area contributed by atoms with E-state index in [9.17, 15) is 0 Å². The number of para-hydroxylation sites is 4. The highest BCUT2D eigenvalue weighted by Crippen LogP contribution is 2.43. The third-order valence-corrected chi connectivity index (χ3v) is 13.5. The number of anilines is 6. The predicted octanol–water partition coefficient (Wildman–Crippen LogP) is 17.8. The van der Waals surface area contributed by atoms with Crippen LogP contribution in [0.25, 0.3) is 72.5 Å². The summed E-state index contributed by atoms with van der Waals surface area (Å²) in [6.45, 7) is 4.25. The Labute approximate surface area is 414 Å². The Morgan fingerprint density at radius 2 is 0.690 bits per heavy atom. The summed E-state index contributed by atoms with van der Waals surface area (Å²) >= 11 is 0. The smallest absolute Gasteiger partial charge is 0.160 e. The molecule has 0 aliphatic heterocycles. The fourth-order valence-electron chi connectivity index (χ4n) is 9.93. The zero-order valence-electron chi connectivity index (χ0n) is 39.6. The second-order valence-electron chi connectivity index (χ2n) is 18.0. The van der Waals surface area contributed by atoms with E-state index in [-0.39, 0.29) is 0 Å². The van der Waals surface area contributed by atoms with E-state index in [4.69, 9.17) is 9.97 Å². The van der Waals surface area contributed by atoms with Crippen molar-refractivity contribution in [3.05, 3.63) is 272 Å². The van der Waals surface area contributed by atoms with Crippen LogP contribution in [0.1, 0.15) is 11.1 Å². The summed E-state index contributed by atoms with van der Waals surface area (Å²) in [6.07, 6.45) is 0. The number of rotatable bonds is 11. The molecular weight excluding hydrogens is 863 g/mol. The summed E-state index contributed by atoms with van der Waals surface area (Å²) in [5.74, 6) is 0.727. The molecule has 0 bridgehead atoms. The summed E-state index contributed by atoms with van der Waals surface area (Å²) in [7, 11) is 0. The van der Waals surface area contributed by atoms with E-state index < -0.39 is 0 Å². The first-order chi connectivity index (χ1) is 35.0. The Morgan fingerprint density at radius 3 is 1.14 bits per heavy atom. The van der Waals surface area contributed by atoms with Gasteiger partial charge in [-0.15, -0.1) is 0 Å². The third kappa shape index (κ3) is 8.30. The minimum atomic E-state index is 0.727. The van der Waals surface area contributed by atoms with Crippen molar-refractivity contribution in [3.63, 3.8) is 0 Å². The molecule has 0 aliphatic carbocycles. The highest BCUT2D eigenvalue weighted by molar-refractivity contribution is 6.12. The first-order valence-electron chi connectivity index (χ1n) is 24.2. The van der Waals surface area contributed by atoms with Gasteiger partial charge in [-0.05, 0) is 139 Å². The zero-order chi connectivity index (χ0) is 47.7. The first-order valence-corrected chi connectivity index (χ1v) is 24.2. The lowest BCUT2D eigenvalue weighted by atomic mass is 10.00. The van der Waals surface area contributed by atoms with Gasteiger partial charge in [0.15, 0.2) is 5.82 Å². The minimum absolute atomic E-state index is 0.727. The number of hydrogen-bond acceptors (Lipinski definition) is 4. The van der Waals surface area contributed by atoms with E-state index >= 15 is 0 Å². The molecule has 0 atom stereocenters. The number of hydrogen-bond donors (Lipinski definition) is 0. The van der Waals surface area contributed by atoms with Crippen molar-refractivity contribution >= 4 is 55.9 Å². The van der Waals surface area contributed by atoms with Gasteiger partial charge >= 0.3 is 0 Å². The molecule has 0 radical (unpaired) electrons. The Hall–Kier alpha value is -9.32. The maximum absolute atomic E-state index is 5.15. The Balaban J connectivity index is 0.954. The monoisotopic (exact) mass is 911 g/mol. The van der Waals surface area contributed by atoms with Crippen molar-refractivity contribution < 1.29 is 0 Å². The summed E-state index contributed by atoms with van der Waals surface area (Å²) in [5.41, 5.74) is 19.5. The molecule has 0 spiro atoms. The molecule has 0 N–H and O–H groups in total. The second kappa shape index (κ2) is 18.6. The van der Waals surface area contributed by atoms with Gasteiger partial charge in [0, 0.05) is 67.3 Å². The average Bonchev–Trinajstić information content (AvgIpc) is 3.75. The number of benzene rings is 10. The van der Waals surface area contributed by atoms with E-state index in [1.807, 2.05) is 0 Å². The van der Waals surface area contributed by atoms with Crippen molar-refractivity contribution in [1.82, 2.24) is 14.5 Å². The molecule has 338 valence electrons. The van der Waals surface area contributed by atoms with Crippen LogP contribution in [0, 0.1) is 13.8 Å². The predicted molar refractivity (Wildman–Crippen MR) is 297 cm³/mol. The highest BCUT2D eigenvalue weighted by atomic mass is 15.1. The second-order valence-corrected chi connectivity index (χ2v) is 18.0. The van der Waals surface area contributed by atoms with E-state index in [1.54, 1.807) is 0 Å². The lowest BCUT2D eigenvalue weighted by molar-refractivity contribution is 1.17. The molecule has 5 heteroatoms. The number of nitrogens with zero attached hydrogens (tertiary/aromatic N) is 5. The van der Waals surface area contributed by atoms with Crippen LogP contribution in [0.4, 0.5) is 34.1 Å². The molecule has 2 aromatic heterocycles. The third-order valence-electron chi connectivity index (χ3n) is 13.5. The van der Waals surface area contributed by atoms with E-state index in [2.05, 4.69) is 289 Å². The van der Waals surface area contributed by atoms with Gasteiger partial charge in [0.2, 0.25) is 0 Å². The minimum Gasteiger partial charge on any atom is -0.310 e. The molecule has 5 nitrogen and oxygen atoms in total. The Bertz CT molecular complexity index is 3530. The lowest BCUT2D eigenvalue weighted by Gasteiger charge is -2.26. The maximum Gasteiger partial charge on any atom is 0.160 e. The molecule has 0 fully saturated rings. The normalized spacial score (nSPS) is 11.2. The summed E-state index contributed by atoms with van der Waals surface area (Å²) in [6, 6.07) is 92.9. The molecule has 0 aliphatic rings. The summed E-state index contributed by atoms with van der Waals surface area (Å²) in [5, 5.41) is 2.33. The summed E-state index contributed by atoms with van der Waals surface area (Å²) < 4.78 is 2.41. The average molecular weight is 912 g/mol. The molecule has 12 rings (SSSR count).